The fourth-order valence-corrected chi connectivity index (χ4v) is 2.18. The van der Waals surface area contributed by atoms with Crippen LogP contribution in [0.1, 0.15) is 18.6 Å². The molecule has 0 saturated carbocycles. The molecule has 1 aromatic heterocycles. The Morgan fingerprint density at radius 2 is 2.11 bits per heavy atom. The van der Waals surface area contributed by atoms with Gasteiger partial charge in [0.25, 0.3) is 0 Å². The Morgan fingerprint density at radius 3 is 2.83 bits per heavy atom. The first kappa shape index (κ1) is 13.2. The zero-order valence-corrected chi connectivity index (χ0v) is 12.1. The zero-order valence-electron chi connectivity index (χ0n) is 9.73. The van der Waals surface area contributed by atoms with Gasteiger partial charge in [0, 0.05) is 21.3 Å². The van der Waals surface area contributed by atoms with Gasteiger partial charge in [-0.2, -0.15) is 0 Å². The first-order valence-corrected chi connectivity index (χ1v) is 6.57. The number of aromatic nitrogens is 1. The molecule has 3 nitrogen and oxygen atoms in total. The van der Waals surface area contributed by atoms with E-state index in [0.29, 0.717) is 16.6 Å². The average Bonchev–Trinajstić information content (AvgIpc) is 2.34. The van der Waals surface area contributed by atoms with Crippen LogP contribution in [0, 0.1) is 0 Å². The highest BCUT2D eigenvalue weighted by atomic mass is 79.9. The van der Waals surface area contributed by atoms with Gasteiger partial charge in [0.2, 0.25) is 0 Å². The van der Waals surface area contributed by atoms with Crippen LogP contribution in [-0.2, 0) is 0 Å². The summed E-state index contributed by atoms with van der Waals surface area (Å²) in [7, 11) is 0. The van der Waals surface area contributed by atoms with Crippen molar-refractivity contribution in [2.75, 3.05) is 5.73 Å². The minimum absolute atomic E-state index is 0.197. The van der Waals surface area contributed by atoms with E-state index in [9.17, 15) is 0 Å². The Kier molecular flexibility index (Phi) is 4.09. The molecular formula is C13H12BrClN2O. The molecular weight excluding hydrogens is 316 g/mol. The molecule has 94 valence electrons. The molecule has 5 heteroatoms. The Hall–Kier alpha value is -1.26. The van der Waals surface area contributed by atoms with Crippen molar-refractivity contribution >= 4 is 33.3 Å². The number of benzene rings is 1. The van der Waals surface area contributed by atoms with Crippen molar-refractivity contribution in [3.05, 3.63) is 51.6 Å². The molecule has 2 rings (SSSR count). The molecule has 0 saturated heterocycles. The molecule has 1 aromatic carbocycles. The number of anilines is 1. The van der Waals surface area contributed by atoms with E-state index in [-0.39, 0.29) is 6.10 Å². The molecule has 0 amide bonds. The lowest BCUT2D eigenvalue weighted by atomic mass is 10.1. The van der Waals surface area contributed by atoms with E-state index >= 15 is 0 Å². The number of nitrogens with two attached hydrogens (primary N) is 1. The van der Waals surface area contributed by atoms with Crippen molar-refractivity contribution in [1.82, 2.24) is 4.98 Å². The lowest BCUT2D eigenvalue weighted by molar-refractivity contribution is 0.227. The molecule has 1 heterocycles. The lowest BCUT2D eigenvalue weighted by Crippen LogP contribution is -2.06. The highest BCUT2D eigenvalue weighted by Crippen LogP contribution is 2.30. The summed E-state index contributed by atoms with van der Waals surface area (Å²) < 4.78 is 6.61. The summed E-state index contributed by atoms with van der Waals surface area (Å²) in [5.41, 5.74) is 6.68. The van der Waals surface area contributed by atoms with Crippen LogP contribution in [0.3, 0.4) is 0 Å². The van der Waals surface area contributed by atoms with Crippen LogP contribution in [0.4, 0.5) is 5.82 Å². The molecule has 0 unspecified atom stereocenters. The van der Waals surface area contributed by atoms with Gasteiger partial charge in [-0.05, 0) is 35.0 Å². The Morgan fingerprint density at radius 1 is 1.39 bits per heavy atom. The topological polar surface area (TPSA) is 48.1 Å². The van der Waals surface area contributed by atoms with Gasteiger partial charge in [0.15, 0.2) is 11.6 Å². The number of nitrogens with zero attached hydrogens (tertiary/aromatic N) is 1. The molecule has 18 heavy (non-hydrogen) atoms. The predicted molar refractivity (Wildman–Crippen MR) is 76.8 cm³/mol. The van der Waals surface area contributed by atoms with Crippen molar-refractivity contribution in [1.29, 1.82) is 0 Å². The van der Waals surface area contributed by atoms with Crippen LogP contribution >= 0.6 is 27.5 Å². The van der Waals surface area contributed by atoms with Crippen LogP contribution < -0.4 is 10.5 Å². The van der Waals surface area contributed by atoms with Crippen molar-refractivity contribution in [2.24, 2.45) is 0 Å². The zero-order chi connectivity index (χ0) is 13.1. The molecule has 0 aliphatic carbocycles. The number of pyridine rings is 1. The maximum absolute atomic E-state index is 6.12. The Balaban J connectivity index is 2.24. The second-order valence-electron chi connectivity index (χ2n) is 3.82. The monoisotopic (exact) mass is 326 g/mol. The standard InChI is InChI=1S/C13H12BrClN2O/c1-8(10-4-2-3-5-11(10)15)18-12-6-9(14)7-17-13(12)16/h2-8H,1H3,(H2,16,17)/t8-/m0/s1. The van der Waals surface area contributed by atoms with Gasteiger partial charge in [0.1, 0.15) is 6.10 Å². The van der Waals surface area contributed by atoms with E-state index < -0.39 is 0 Å². The number of halogens is 2. The molecule has 0 fully saturated rings. The fraction of sp³-hybridized carbons (Fsp3) is 0.154. The SMILES string of the molecule is C[C@H](Oc1cc(Br)cnc1N)c1ccccc1Cl. The maximum atomic E-state index is 6.12. The molecule has 1 atom stereocenters. The molecule has 0 bridgehead atoms. The Labute approximate surface area is 119 Å². The van der Waals surface area contributed by atoms with Crippen LogP contribution in [0.5, 0.6) is 5.75 Å². The largest absolute Gasteiger partial charge is 0.482 e. The summed E-state index contributed by atoms with van der Waals surface area (Å²) in [5.74, 6) is 0.897. The van der Waals surface area contributed by atoms with Gasteiger partial charge in [0.05, 0.1) is 0 Å². The number of nitrogen functional groups attached to an aromatic ring is 1. The van der Waals surface area contributed by atoms with Gasteiger partial charge in [-0.25, -0.2) is 4.98 Å². The highest BCUT2D eigenvalue weighted by Gasteiger charge is 2.13. The number of rotatable bonds is 3. The van der Waals surface area contributed by atoms with E-state index in [1.165, 1.54) is 0 Å². The minimum atomic E-state index is -0.197. The third kappa shape index (κ3) is 2.94. The summed E-state index contributed by atoms with van der Waals surface area (Å²) in [6, 6.07) is 9.35. The summed E-state index contributed by atoms with van der Waals surface area (Å²) in [6.07, 6.45) is 1.43. The third-order valence-electron chi connectivity index (χ3n) is 2.50. The van der Waals surface area contributed by atoms with Crippen molar-refractivity contribution in [3.8, 4) is 5.75 Å². The molecule has 0 aliphatic rings. The van der Waals surface area contributed by atoms with Crippen molar-refractivity contribution < 1.29 is 4.74 Å². The van der Waals surface area contributed by atoms with Crippen LogP contribution in [-0.4, -0.2) is 4.98 Å². The van der Waals surface area contributed by atoms with Crippen LogP contribution in [0.25, 0.3) is 0 Å². The van der Waals surface area contributed by atoms with Gasteiger partial charge in [-0.1, -0.05) is 29.8 Å². The molecule has 0 radical (unpaired) electrons. The second-order valence-corrected chi connectivity index (χ2v) is 5.14. The van der Waals surface area contributed by atoms with Gasteiger partial charge in [-0.15, -0.1) is 0 Å². The van der Waals surface area contributed by atoms with E-state index in [1.807, 2.05) is 31.2 Å². The fourth-order valence-electron chi connectivity index (χ4n) is 1.58. The molecule has 0 spiro atoms. The number of hydrogen-bond donors (Lipinski definition) is 1. The first-order valence-electron chi connectivity index (χ1n) is 5.40. The predicted octanol–water partition coefficient (Wildman–Crippen LogP) is 4.22. The summed E-state index contributed by atoms with van der Waals surface area (Å²) in [4.78, 5) is 4.02. The smallest absolute Gasteiger partial charge is 0.166 e. The van der Waals surface area contributed by atoms with Crippen molar-refractivity contribution in [2.45, 2.75) is 13.0 Å². The van der Waals surface area contributed by atoms with Crippen molar-refractivity contribution in [3.63, 3.8) is 0 Å². The van der Waals surface area contributed by atoms with E-state index in [4.69, 9.17) is 22.1 Å². The second kappa shape index (κ2) is 5.59. The lowest BCUT2D eigenvalue weighted by Gasteiger charge is -2.17. The van der Waals surface area contributed by atoms with E-state index in [1.54, 1.807) is 12.3 Å². The van der Waals surface area contributed by atoms with E-state index in [0.717, 1.165) is 10.0 Å². The summed E-state index contributed by atoms with van der Waals surface area (Å²) in [5, 5.41) is 0.673. The Bertz CT molecular complexity index is 562. The quantitative estimate of drug-likeness (QED) is 0.918. The van der Waals surface area contributed by atoms with Gasteiger partial charge in [-0.3, -0.25) is 0 Å². The van der Waals surface area contributed by atoms with Gasteiger partial charge < -0.3 is 10.5 Å². The average molecular weight is 328 g/mol. The highest BCUT2D eigenvalue weighted by molar-refractivity contribution is 9.10. The summed E-state index contributed by atoms with van der Waals surface area (Å²) in [6.45, 7) is 1.92. The van der Waals surface area contributed by atoms with E-state index in [2.05, 4.69) is 20.9 Å². The minimum Gasteiger partial charge on any atom is -0.482 e. The first-order chi connectivity index (χ1) is 8.58. The number of ether oxygens (including phenoxy) is 1. The molecule has 2 N–H and O–H groups in total. The molecule has 0 aliphatic heterocycles. The summed E-state index contributed by atoms with van der Waals surface area (Å²) >= 11 is 9.45. The third-order valence-corrected chi connectivity index (χ3v) is 3.27. The number of hydrogen-bond acceptors (Lipinski definition) is 3. The maximum Gasteiger partial charge on any atom is 0.166 e. The van der Waals surface area contributed by atoms with Gasteiger partial charge >= 0.3 is 0 Å². The van der Waals surface area contributed by atoms with Crippen LogP contribution in [0.15, 0.2) is 41.0 Å². The molecule has 2 aromatic rings. The van der Waals surface area contributed by atoms with Crippen LogP contribution in [0.2, 0.25) is 5.02 Å². The normalized spacial score (nSPS) is 12.2.